The van der Waals surface area contributed by atoms with Gasteiger partial charge in [-0.1, -0.05) is 23.2 Å². The number of hydrogen-bond donors (Lipinski definition) is 0. The van der Waals surface area contributed by atoms with Crippen molar-refractivity contribution in [3.8, 4) is 0 Å². The number of rotatable bonds is 1. The molecule has 1 heterocycles. The lowest BCUT2D eigenvalue weighted by Crippen LogP contribution is -2.34. The Hall–Kier alpha value is -0.420. The first-order valence-electron chi connectivity index (χ1n) is 3.28. The van der Waals surface area contributed by atoms with Crippen LogP contribution in [0, 0.1) is 0 Å². The fourth-order valence-corrected chi connectivity index (χ4v) is 1.40. The molecule has 0 amide bonds. The third-order valence-electron chi connectivity index (χ3n) is 1.23. The van der Waals surface area contributed by atoms with Crippen molar-refractivity contribution in [1.29, 1.82) is 0 Å². The summed E-state index contributed by atoms with van der Waals surface area (Å²) in [4.78, 5) is 4.52. The molecule has 1 aliphatic heterocycles. The first-order valence-corrected chi connectivity index (χ1v) is 4.03. The van der Waals surface area contributed by atoms with Crippen molar-refractivity contribution in [3.05, 3.63) is 11.4 Å². The molecule has 0 saturated heterocycles. The van der Waals surface area contributed by atoms with Gasteiger partial charge in [-0.15, -0.1) is 0 Å². The maximum absolute atomic E-state index is 11.9. The zero-order chi connectivity index (χ0) is 10.1. The van der Waals surface area contributed by atoms with Gasteiger partial charge in [-0.25, -0.2) is 4.99 Å². The molecular weight excluding hydrogens is 228 g/mol. The van der Waals surface area contributed by atoms with Crippen LogP contribution in [0.15, 0.2) is 16.3 Å². The van der Waals surface area contributed by atoms with Crippen LogP contribution < -0.4 is 0 Å². The maximum atomic E-state index is 11.9. The number of aliphatic imine (C=N–C) groups is 1. The zero-order valence-corrected chi connectivity index (χ0v) is 7.79. The van der Waals surface area contributed by atoms with Crippen molar-refractivity contribution in [3.63, 3.8) is 0 Å². The minimum atomic E-state index is -4.26. The quantitative estimate of drug-likeness (QED) is 0.635. The molecule has 2 nitrogen and oxygen atoms in total. The third-order valence-corrected chi connectivity index (χ3v) is 1.62. The van der Waals surface area contributed by atoms with E-state index in [1.165, 1.54) is 0 Å². The molecule has 0 radical (unpaired) electrons. The van der Waals surface area contributed by atoms with E-state index in [1.807, 2.05) is 0 Å². The van der Waals surface area contributed by atoms with Gasteiger partial charge < -0.3 is 4.90 Å². The Morgan fingerprint density at radius 2 is 2.08 bits per heavy atom. The fraction of sp³-hybridized carbons (Fsp3) is 0.500. The molecule has 0 aromatic heterocycles. The van der Waals surface area contributed by atoms with Crippen molar-refractivity contribution in [2.24, 2.45) is 4.99 Å². The average Bonchev–Trinajstić information content (AvgIpc) is 1.78. The Morgan fingerprint density at radius 1 is 1.46 bits per heavy atom. The average molecular weight is 233 g/mol. The molecule has 1 rings (SSSR count). The summed E-state index contributed by atoms with van der Waals surface area (Å²) in [6.45, 7) is -1.13. The highest BCUT2D eigenvalue weighted by Gasteiger charge is 2.30. The topological polar surface area (TPSA) is 15.6 Å². The molecule has 0 unspecified atom stereocenters. The highest BCUT2D eigenvalue weighted by Crippen LogP contribution is 2.20. The van der Waals surface area contributed by atoms with Crippen LogP contribution in [0.3, 0.4) is 0 Å². The molecule has 0 spiro atoms. The number of nitrogens with zero attached hydrogens (tertiary/aromatic N) is 2. The van der Waals surface area contributed by atoms with E-state index in [1.54, 1.807) is 0 Å². The third kappa shape index (κ3) is 3.87. The van der Waals surface area contributed by atoms with Crippen LogP contribution in [0.2, 0.25) is 0 Å². The summed E-state index contributed by atoms with van der Waals surface area (Å²) in [6.07, 6.45) is -3.15. The minimum absolute atomic E-state index is 0.0412. The van der Waals surface area contributed by atoms with Crippen molar-refractivity contribution in [2.45, 2.75) is 6.18 Å². The van der Waals surface area contributed by atoms with Crippen LogP contribution in [-0.2, 0) is 0 Å². The van der Waals surface area contributed by atoms with Gasteiger partial charge in [0.25, 0.3) is 0 Å². The lowest BCUT2D eigenvalue weighted by atomic mass is 10.4. The van der Waals surface area contributed by atoms with E-state index in [4.69, 9.17) is 23.2 Å². The normalized spacial score (nSPS) is 18.4. The number of alkyl halides is 3. The predicted molar refractivity (Wildman–Crippen MR) is 44.9 cm³/mol. The van der Waals surface area contributed by atoms with Crippen LogP contribution in [0.5, 0.6) is 0 Å². The van der Waals surface area contributed by atoms with E-state index < -0.39 is 12.7 Å². The minimum Gasteiger partial charge on any atom is -0.359 e. The summed E-state index contributed by atoms with van der Waals surface area (Å²) < 4.78 is 35.7. The lowest BCUT2D eigenvalue weighted by molar-refractivity contribution is -0.139. The second kappa shape index (κ2) is 3.75. The van der Waals surface area contributed by atoms with Crippen molar-refractivity contribution < 1.29 is 13.2 Å². The van der Waals surface area contributed by atoms with Gasteiger partial charge >= 0.3 is 6.18 Å². The van der Waals surface area contributed by atoms with Gasteiger partial charge in [0.05, 0.1) is 6.54 Å². The zero-order valence-electron chi connectivity index (χ0n) is 6.28. The van der Waals surface area contributed by atoms with Crippen molar-refractivity contribution in [2.75, 3.05) is 13.1 Å². The Bertz CT molecular complexity index is 259. The highest BCUT2D eigenvalue weighted by molar-refractivity contribution is 6.66. The van der Waals surface area contributed by atoms with Gasteiger partial charge in [0.15, 0.2) is 0 Å². The number of halogens is 5. The largest absolute Gasteiger partial charge is 0.405 e. The molecule has 1 aliphatic rings. The summed E-state index contributed by atoms with van der Waals surface area (Å²) in [7, 11) is 0. The van der Waals surface area contributed by atoms with Gasteiger partial charge in [0.1, 0.15) is 16.9 Å². The second-order valence-electron chi connectivity index (χ2n) is 2.46. The Kier molecular flexibility index (Phi) is 3.08. The SMILES string of the molecule is FC(F)(F)CN1C=C(Cl)N=C(Cl)C1. The molecule has 0 aromatic carbocycles. The van der Waals surface area contributed by atoms with Gasteiger partial charge in [0.2, 0.25) is 0 Å². The van der Waals surface area contributed by atoms with Crippen LogP contribution in [0.25, 0.3) is 0 Å². The predicted octanol–water partition coefficient (Wildman–Crippen LogP) is 2.54. The Labute approximate surface area is 82.6 Å². The van der Waals surface area contributed by atoms with Crippen LogP contribution in [-0.4, -0.2) is 29.3 Å². The summed E-state index contributed by atoms with van der Waals surface area (Å²) in [5.41, 5.74) is 0. The number of hydrogen-bond acceptors (Lipinski definition) is 2. The van der Waals surface area contributed by atoms with Crippen molar-refractivity contribution in [1.82, 2.24) is 4.90 Å². The molecule has 0 fully saturated rings. The van der Waals surface area contributed by atoms with Gasteiger partial charge in [-0.05, 0) is 0 Å². The highest BCUT2D eigenvalue weighted by atomic mass is 35.5. The molecular formula is C6H5Cl2F3N2. The van der Waals surface area contributed by atoms with E-state index in [2.05, 4.69) is 4.99 Å². The van der Waals surface area contributed by atoms with E-state index >= 15 is 0 Å². The molecule has 13 heavy (non-hydrogen) atoms. The van der Waals surface area contributed by atoms with Gasteiger partial charge in [-0.2, -0.15) is 13.2 Å². The Morgan fingerprint density at radius 3 is 2.54 bits per heavy atom. The smallest absolute Gasteiger partial charge is 0.359 e. The first kappa shape index (κ1) is 10.7. The standard InChI is InChI=1S/C6H5Cl2F3N2/c7-4-1-13(2-5(8)12-4)3-6(9,10)11/h1H,2-3H2. The summed E-state index contributed by atoms with van der Waals surface area (Å²) >= 11 is 10.9. The molecule has 0 aliphatic carbocycles. The summed E-state index contributed by atoms with van der Waals surface area (Å²) in [5.74, 6) is 0. The van der Waals surface area contributed by atoms with Gasteiger partial charge in [0, 0.05) is 6.20 Å². The fourth-order valence-electron chi connectivity index (χ4n) is 0.876. The molecule has 0 saturated carbocycles. The lowest BCUT2D eigenvalue weighted by Gasteiger charge is -2.23. The summed E-state index contributed by atoms with van der Waals surface area (Å²) in [6, 6.07) is 0. The summed E-state index contributed by atoms with van der Waals surface area (Å²) in [5, 5.41) is 0.0113. The van der Waals surface area contributed by atoms with E-state index in [0.29, 0.717) is 0 Å². The molecule has 0 N–H and O–H groups in total. The van der Waals surface area contributed by atoms with Gasteiger partial charge in [-0.3, -0.25) is 0 Å². The van der Waals surface area contributed by atoms with E-state index in [0.717, 1.165) is 11.1 Å². The Balaban J connectivity index is 2.61. The van der Waals surface area contributed by atoms with Crippen LogP contribution in [0.4, 0.5) is 13.2 Å². The molecule has 74 valence electrons. The van der Waals surface area contributed by atoms with Crippen molar-refractivity contribution >= 4 is 28.4 Å². The molecule has 7 heteroatoms. The van der Waals surface area contributed by atoms with E-state index in [-0.39, 0.29) is 16.9 Å². The first-order chi connectivity index (χ1) is 5.87. The second-order valence-corrected chi connectivity index (χ2v) is 3.28. The molecule has 0 atom stereocenters. The maximum Gasteiger partial charge on any atom is 0.405 e. The monoisotopic (exact) mass is 232 g/mol. The molecule has 0 aromatic rings. The molecule has 0 bridgehead atoms. The van der Waals surface area contributed by atoms with E-state index in [9.17, 15) is 13.2 Å². The van der Waals surface area contributed by atoms with Crippen LogP contribution >= 0.6 is 23.2 Å². The van der Waals surface area contributed by atoms with Crippen LogP contribution in [0.1, 0.15) is 0 Å².